The predicted molar refractivity (Wildman–Crippen MR) is 277 cm³/mol. The highest BCUT2D eigenvalue weighted by molar-refractivity contribution is 7.15. The highest BCUT2D eigenvalue weighted by Crippen LogP contribution is 2.44. The van der Waals surface area contributed by atoms with Crippen molar-refractivity contribution in [2.24, 2.45) is 0 Å². The van der Waals surface area contributed by atoms with Gasteiger partial charge >= 0.3 is 5.92 Å². The van der Waals surface area contributed by atoms with E-state index in [1.807, 2.05) is 78.9 Å². The molecule has 11 rings (SSSR count). The molecule has 0 radical (unpaired) electrons. The molecule has 0 spiro atoms. The van der Waals surface area contributed by atoms with Crippen LogP contribution in [0, 0.1) is 0 Å². The summed E-state index contributed by atoms with van der Waals surface area (Å²) in [5, 5.41) is 13.6. The normalized spacial score (nSPS) is 12.2. The van der Waals surface area contributed by atoms with Gasteiger partial charge < -0.3 is 20.6 Å². The highest BCUT2D eigenvalue weighted by atomic mass is 35.5. The Morgan fingerprint density at radius 2 is 1.09 bits per heavy atom. The van der Waals surface area contributed by atoms with Crippen LogP contribution in [-0.4, -0.2) is 42.6 Å². The lowest BCUT2D eigenvalue weighted by Gasteiger charge is -2.18. The number of aromatic nitrogens is 6. The summed E-state index contributed by atoms with van der Waals surface area (Å²) in [5.41, 5.74) is 14.0. The minimum absolute atomic E-state index is 0.0715. The highest BCUT2D eigenvalue weighted by Gasteiger charge is 2.41. The maximum atomic E-state index is 16.3. The van der Waals surface area contributed by atoms with E-state index < -0.39 is 22.4 Å². The van der Waals surface area contributed by atoms with Crippen molar-refractivity contribution in [2.45, 2.75) is 12.8 Å². The second kappa shape index (κ2) is 18.1. The zero-order valence-corrected chi connectivity index (χ0v) is 38.3. The molecule has 0 atom stereocenters. The number of hydrogen-bond acceptors (Lipinski definition) is 7. The van der Waals surface area contributed by atoms with Gasteiger partial charge in [-0.3, -0.25) is 4.79 Å². The van der Waals surface area contributed by atoms with Crippen molar-refractivity contribution in [1.29, 1.82) is 0 Å². The first-order valence-electron chi connectivity index (χ1n) is 22.1. The molecule has 4 N–H and O–H groups in total. The summed E-state index contributed by atoms with van der Waals surface area (Å²) in [6.45, 7) is 1.40. The Labute approximate surface area is 404 Å². The summed E-state index contributed by atoms with van der Waals surface area (Å²) < 4.78 is 32.7. The maximum Gasteiger partial charge on any atom is 0.328 e. The molecule has 4 aromatic heterocycles. The molecular formula is C56H39ClF2N8OS. The lowest BCUT2D eigenvalue weighted by Crippen LogP contribution is -2.19. The van der Waals surface area contributed by atoms with E-state index in [-0.39, 0.29) is 22.4 Å². The zero-order chi connectivity index (χ0) is 47.1. The number of carbonyl (C=O) groups excluding carboxylic acids is 1. The standard InChI is InChI=1S/C56H39ClF2N8OS/c1-33(68)61-41-23-22-39(57)31-40(41)56(58,59)54-66-67-55(69-54)60-32-38-30-48-51(36-18-10-4-11-19-36)46-27-26-44(63-46)49(34-14-6-2-7-15-34)42-24-25-43(62-42)50(35-16-8-3-9-17-35)45-28-29-47(64-45)52(53(38)65-48)37-20-12-5-13-21-37/h2-31,63-64H,32H2,1H3,(H,60,67)(H,61,68). The minimum atomic E-state index is -3.64. The van der Waals surface area contributed by atoms with Gasteiger partial charge in [-0.25, -0.2) is 9.97 Å². The lowest BCUT2D eigenvalue weighted by atomic mass is 9.99. The van der Waals surface area contributed by atoms with E-state index in [2.05, 4.69) is 116 Å². The second-order valence-corrected chi connectivity index (χ2v) is 17.9. The molecule has 5 aromatic carbocycles. The quantitative estimate of drug-likeness (QED) is 0.108. The number of hydrogen-bond donors (Lipinski definition) is 4. The third kappa shape index (κ3) is 8.41. The fourth-order valence-electron chi connectivity index (χ4n) is 8.90. The predicted octanol–water partition coefficient (Wildman–Crippen LogP) is 14.4. The monoisotopic (exact) mass is 944 g/mol. The fourth-order valence-corrected chi connectivity index (χ4v) is 9.80. The first-order chi connectivity index (χ1) is 33.7. The summed E-state index contributed by atoms with van der Waals surface area (Å²) >= 11 is 6.91. The summed E-state index contributed by atoms with van der Waals surface area (Å²) in [4.78, 5) is 30.5. The van der Waals surface area contributed by atoms with Gasteiger partial charge in [0.2, 0.25) is 11.0 Å². The molecule has 69 heavy (non-hydrogen) atoms. The molecule has 336 valence electrons. The van der Waals surface area contributed by atoms with Crippen molar-refractivity contribution in [3.63, 3.8) is 0 Å². The van der Waals surface area contributed by atoms with Gasteiger partial charge in [-0.05, 0) is 88.5 Å². The molecule has 2 aliphatic rings. The molecule has 8 bridgehead atoms. The third-order valence-electron chi connectivity index (χ3n) is 11.9. The van der Waals surface area contributed by atoms with Crippen LogP contribution in [0.5, 0.6) is 0 Å². The molecule has 9 nitrogen and oxygen atoms in total. The van der Waals surface area contributed by atoms with Crippen LogP contribution in [-0.2, 0) is 10.7 Å². The summed E-state index contributed by atoms with van der Waals surface area (Å²) in [5.74, 6) is -4.14. The summed E-state index contributed by atoms with van der Waals surface area (Å²) in [7, 11) is 0. The van der Waals surface area contributed by atoms with E-state index in [9.17, 15) is 4.79 Å². The van der Waals surface area contributed by atoms with Crippen molar-refractivity contribution in [1.82, 2.24) is 30.1 Å². The number of alkyl halides is 2. The molecule has 0 aliphatic carbocycles. The van der Waals surface area contributed by atoms with Crippen LogP contribution in [0.3, 0.4) is 0 Å². The van der Waals surface area contributed by atoms with Gasteiger partial charge in [0.05, 0.1) is 34.0 Å². The number of nitrogens with zero attached hydrogens (tertiary/aromatic N) is 4. The number of halogens is 3. The van der Waals surface area contributed by atoms with Crippen molar-refractivity contribution in [3.8, 4) is 44.5 Å². The molecule has 0 unspecified atom stereocenters. The number of carbonyl (C=O) groups is 1. The zero-order valence-electron chi connectivity index (χ0n) is 36.8. The van der Waals surface area contributed by atoms with Crippen LogP contribution in [0.2, 0.25) is 5.02 Å². The van der Waals surface area contributed by atoms with E-state index in [0.29, 0.717) is 22.7 Å². The molecule has 0 fully saturated rings. The third-order valence-corrected chi connectivity index (χ3v) is 13.1. The molecule has 6 heterocycles. The SMILES string of the molecule is CC(=O)Nc1ccc(Cl)cc1C(F)(F)c1nnc(NCC2=Cc3nc2c(-c2ccccc2)c2ccc([nH]2)c(-c2ccccc2)c2nc(c(-c4ccccc4)c4ccc([nH]4)c3-c3ccccc3)C=C2)s1. The van der Waals surface area contributed by atoms with E-state index in [1.165, 1.54) is 19.1 Å². The number of fused-ring (bicyclic) bond motifs is 8. The van der Waals surface area contributed by atoms with Crippen molar-refractivity contribution in [2.75, 3.05) is 17.2 Å². The molecule has 9 aromatic rings. The molecule has 1 amide bonds. The molecule has 0 saturated heterocycles. The number of benzene rings is 5. The Morgan fingerprint density at radius 3 is 1.59 bits per heavy atom. The van der Waals surface area contributed by atoms with Gasteiger partial charge in [-0.15, -0.1) is 10.2 Å². The Bertz CT molecular complexity index is 3660. The van der Waals surface area contributed by atoms with Crippen LogP contribution in [0.15, 0.2) is 164 Å². The van der Waals surface area contributed by atoms with Crippen molar-refractivity contribution < 1.29 is 13.6 Å². The number of amides is 1. The number of H-pyrrole nitrogens is 2. The van der Waals surface area contributed by atoms with Crippen molar-refractivity contribution >= 4 is 85.5 Å². The van der Waals surface area contributed by atoms with Crippen LogP contribution >= 0.6 is 22.9 Å². The first kappa shape index (κ1) is 43.3. The van der Waals surface area contributed by atoms with Gasteiger partial charge in [0.15, 0.2) is 5.01 Å². The molecular weight excluding hydrogens is 906 g/mol. The number of nitrogens with one attached hydrogen (secondary N) is 4. The van der Waals surface area contributed by atoms with E-state index in [1.54, 1.807) is 0 Å². The van der Waals surface area contributed by atoms with Crippen molar-refractivity contribution in [3.05, 3.63) is 202 Å². The Balaban J connectivity index is 1.16. The molecule has 13 heteroatoms. The van der Waals surface area contributed by atoms with Crippen LogP contribution in [0.4, 0.5) is 19.6 Å². The Hall–Kier alpha value is -8.32. The van der Waals surface area contributed by atoms with Crippen LogP contribution < -0.4 is 10.6 Å². The Kier molecular flexibility index (Phi) is 11.3. The van der Waals surface area contributed by atoms with E-state index in [4.69, 9.17) is 21.6 Å². The average Bonchev–Trinajstić information content (AvgIpc) is 4.24. The van der Waals surface area contributed by atoms with Crippen LogP contribution in [0.25, 0.3) is 90.4 Å². The second-order valence-electron chi connectivity index (χ2n) is 16.5. The summed E-state index contributed by atoms with van der Waals surface area (Å²) in [6.07, 6.45) is 6.21. The smallest absolute Gasteiger partial charge is 0.328 e. The van der Waals surface area contributed by atoms with Gasteiger partial charge in [-0.2, -0.15) is 8.78 Å². The Morgan fingerprint density at radius 1 is 0.609 bits per heavy atom. The largest absolute Gasteiger partial charge is 0.356 e. The maximum absolute atomic E-state index is 16.3. The number of rotatable bonds is 10. The first-order valence-corrected chi connectivity index (χ1v) is 23.3. The topological polar surface area (TPSA) is 124 Å². The van der Waals surface area contributed by atoms with Crippen LogP contribution in [0.1, 0.15) is 40.3 Å². The average molecular weight is 945 g/mol. The number of anilines is 2. The van der Waals surface area contributed by atoms with Gasteiger partial charge in [0.1, 0.15) is 0 Å². The fraction of sp³-hybridized carbons (Fsp3) is 0.0536. The van der Waals surface area contributed by atoms with E-state index >= 15 is 8.78 Å². The lowest BCUT2D eigenvalue weighted by molar-refractivity contribution is -0.114. The minimum Gasteiger partial charge on any atom is -0.356 e. The number of aromatic amines is 2. The van der Waals surface area contributed by atoms with Gasteiger partial charge in [0, 0.05) is 62.8 Å². The molecule has 0 saturated carbocycles. The van der Waals surface area contributed by atoms with Gasteiger partial charge in [-0.1, -0.05) is 144 Å². The van der Waals surface area contributed by atoms with E-state index in [0.717, 1.165) is 89.6 Å². The van der Waals surface area contributed by atoms with Gasteiger partial charge in [0.25, 0.3) is 0 Å². The summed E-state index contributed by atoms with van der Waals surface area (Å²) in [6, 6.07) is 52.9. The molecule has 2 aliphatic heterocycles.